The number of hydrogen-bond acceptors (Lipinski definition) is 4. The molecule has 1 fully saturated rings. The van der Waals surface area contributed by atoms with E-state index in [4.69, 9.17) is 0 Å². The van der Waals surface area contributed by atoms with Gasteiger partial charge in [-0.05, 0) is 43.4 Å². The van der Waals surface area contributed by atoms with Gasteiger partial charge in [0.2, 0.25) is 0 Å². The third-order valence-corrected chi connectivity index (χ3v) is 4.19. The lowest BCUT2D eigenvalue weighted by molar-refractivity contribution is -0.144. The number of benzene rings is 2. The number of amides is 2. The van der Waals surface area contributed by atoms with E-state index in [-0.39, 0.29) is 0 Å². The van der Waals surface area contributed by atoms with E-state index in [2.05, 4.69) is 15.5 Å². The predicted octanol–water partition coefficient (Wildman–Crippen LogP) is 2.14. The summed E-state index contributed by atoms with van der Waals surface area (Å²) in [5.41, 5.74) is 2.50. The van der Waals surface area contributed by atoms with Crippen LogP contribution in [0.1, 0.15) is 0 Å². The van der Waals surface area contributed by atoms with Gasteiger partial charge in [-0.1, -0.05) is 18.2 Å². The van der Waals surface area contributed by atoms with Crippen LogP contribution in [0.15, 0.2) is 54.6 Å². The smallest absolute Gasteiger partial charge is 0.313 e. The summed E-state index contributed by atoms with van der Waals surface area (Å²) in [6, 6.07) is 17.1. The van der Waals surface area contributed by atoms with Crippen molar-refractivity contribution in [1.29, 1.82) is 0 Å². The summed E-state index contributed by atoms with van der Waals surface area (Å²) in [7, 11) is 2.01. The zero-order valence-electron chi connectivity index (χ0n) is 14.2. The summed E-state index contributed by atoms with van der Waals surface area (Å²) in [4.78, 5) is 28.1. The van der Waals surface area contributed by atoms with Crippen LogP contribution in [0.5, 0.6) is 0 Å². The van der Waals surface area contributed by atoms with Crippen molar-refractivity contribution < 1.29 is 9.59 Å². The number of carbonyl (C=O) groups is 2. The molecule has 1 heterocycles. The highest BCUT2D eigenvalue weighted by Crippen LogP contribution is 2.18. The number of hydrogen-bond donors (Lipinski definition) is 2. The third-order valence-electron chi connectivity index (χ3n) is 4.19. The Morgan fingerprint density at radius 2 is 1.36 bits per heavy atom. The molecule has 0 aromatic heterocycles. The fraction of sp³-hybridized carbons (Fsp3) is 0.263. The highest BCUT2D eigenvalue weighted by molar-refractivity contribution is 6.39. The quantitative estimate of drug-likeness (QED) is 0.842. The second-order valence-corrected chi connectivity index (χ2v) is 6.12. The lowest BCUT2D eigenvalue weighted by Crippen LogP contribution is -2.50. The molecule has 1 aliphatic rings. The number of para-hydroxylation sites is 1. The first-order chi connectivity index (χ1) is 12.1. The van der Waals surface area contributed by atoms with Crippen LogP contribution in [0.2, 0.25) is 0 Å². The molecular weight excluding hydrogens is 316 g/mol. The van der Waals surface area contributed by atoms with E-state index in [0.717, 1.165) is 24.5 Å². The Balaban J connectivity index is 1.55. The molecule has 0 spiro atoms. The lowest BCUT2D eigenvalue weighted by Gasteiger charge is -2.31. The molecule has 25 heavy (non-hydrogen) atoms. The molecule has 0 atom stereocenters. The SMILES string of the molecule is CN1CCN(C(=O)C(=O)Nc2ccc(Nc3ccccc3)cc2)CC1. The first-order valence-corrected chi connectivity index (χ1v) is 8.33. The summed E-state index contributed by atoms with van der Waals surface area (Å²) in [6.07, 6.45) is 0. The number of likely N-dealkylation sites (N-methyl/N-ethyl adjacent to an activating group) is 1. The molecule has 3 rings (SSSR count). The van der Waals surface area contributed by atoms with Crippen LogP contribution in [0.4, 0.5) is 17.1 Å². The molecule has 2 aromatic rings. The zero-order valence-corrected chi connectivity index (χ0v) is 14.2. The summed E-state index contributed by atoms with van der Waals surface area (Å²) >= 11 is 0. The number of anilines is 3. The predicted molar refractivity (Wildman–Crippen MR) is 98.9 cm³/mol. The highest BCUT2D eigenvalue weighted by atomic mass is 16.2. The van der Waals surface area contributed by atoms with Crippen LogP contribution in [-0.4, -0.2) is 54.8 Å². The fourth-order valence-corrected chi connectivity index (χ4v) is 2.66. The maximum absolute atomic E-state index is 12.2. The number of nitrogens with zero attached hydrogens (tertiary/aromatic N) is 2. The molecule has 1 saturated heterocycles. The average Bonchev–Trinajstić information content (AvgIpc) is 2.64. The van der Waals surface area contributed by atoms with Gasteiger partial charge in [-0.25, -0.2) is 0 Å². The van der Waals surface area contributed by atoms with E-state index in [1.807, 2.05) is 49.5 Å². The van der Waals surface area contributed by atoms with Crippen molar-refractivity contribution in [3.63, 3.8) is 0 Å². The molecule has 0 radical (unpaired) electrons. The minimum Gasteiger partial charge on any atom is -0.356 e. The molecule has 0 aliphatic carbocycles. The van der Waals surface area contributed by atoms with E-state index >= 15 is 0 Å². The Morgan fingerprint density at radius 1 is 0.800 bits per heavy atom. The highest BCUT2D eigenvalue weighted by Gasteiger charge is 2.24. The van der Waals surface area contributed by atoms with Gasteiger partial charge in [0.25, 0.3) is 0 Å². The molecule has 2 amide bonds. The van der Waals surface area contributed by atoms with Crippen LogP contribution in [-0.2, 0) is 9.59 Å². The van der Waals surface area contributed by atoms with Crippen LogP contribution in [0.25, 0.3) is 0 Å². The maximum Gasteiger partial charge on any atom is 0.313 e. The molecule has 6 heteroatoms. The number of rotatable bonds is 3. The Hall–Kier alpha value is -2.86. The van der Waals surface area contributed by atoms with Gasteiger partial charge in [-0.15, -0.1) is 0 Å². The Labute approximate surface area is 147 Å². The molecule has 2 aromatic carbocycles. The number of piperazine rings is 1. The molecular formula is C19H22N4O2. The van der Waals surface area contributed by atoms with Crippen molar-refractivity contribution in [2.24, 2.45) is 0 Å². The van der Waals surface area contributed by atoms with Crippen molar-refractivity contribution in [2.45, 2.75) is 0 Å². The summed E-state index contributed by atoms with van der Waals surface area (Å²) in [6.45, 7) is 2.75. The van der Waals surface area contributed by atoms with Gasteiger partial charge in [0.15, 0.2) is 0 Å². The maximum atomic E-state index is 12.2. The Bertz CT molecular complexity index is 723. The third kappa shape index (κ3) is 4.58. The first-order valence-electron chi connectivity index (χ1n) is 8.33. The van der Waals surface area contributed by atoms with Gasteiger partial charge in [-0.3, -0.25) is 9.59 Å². The van der Waals surface area contributed by atoms with Crippen molar-refractivity contribution in [1.82, 2.24) is 9.80 Å². The molecule has 0 unspecified atom stereocenters. The average molecular weight is 338 g/mol. The molecule has 1 aliphatic heterocycles. The fourth-order valence-electron chi connectivity index (χ4n) is 2.66. The van der Waals surface area contributed by atoms with E-state index in [1.165, 1.54) is 0 Å². The topological polar surface area (TPSA) is 64.7 Å². The molecule has 0 saturated carbocycles. The van der Waals surface area contributed by atoms with Gasteiger partial charge in [0, 0.05) is 43.2 Å². The summed E-state index contributed by atoms with van der Waals surface area (Å²) in [5.74, 6) is -1.06. The van der Waals surface area contributed by atoms with Gasteiger partial charge in [-0.2, -0.15) is 0 Å². The summed E-state index contributed by atoms with van der Waals surface area (Å²) in [5, 5.41) is 5.94. The molecule has 6 nitrogen and oxygen atoms in total. The van der Waals surface area contributed by atoms with Crippen LogP contribution in [0.3, 0.4) is 0 Å². The van der Waals surface area contributed by atoms with Crippen molar-refractivity contribution >= 4 is 28.9 Å². The lowest BCUT2D eigenvalue weighted by atomic mass is 10.2. The van der Waals surface area contributed by atoms with Crippen molar-refractivity contribution in [2.75, 3.05) is 43.9 Å². The minimum absolute atomic E-state index is 0.473. The van der Waals surface area contributed by atoms with E-state index in [0.29, 0.717) is 18.8 Å². The summed E-state index contributed by atoms with van der Waals surface area (Å²) < 4.78 is 0. The second kappa shape index (κ2) is 7.81. The molecule has 130 valence electrons. The van der Waals surface area contributed by atoms with E-state index in [9.17, 15) is 9.59 Å². The van der Waals surface area contributed by atoms with Crippen molar-refractivity contribution in [3.05, 3.63) is 54.6 Å². The zero-order chi connectivity index (χ0) is 17.6. The Morgan fingerprint density at radius 3 is 2.00 bits per heavy atom. The second-order valence-electron chi connectivity index (χ2n) is 6.12. The standard InChI is InChI=1S/C19H22N4O2/c1-22-11-13-23(14-12-22)19(25)18(24)21-17-9-7-16(8-10-17)20-15-5-3-2-4-6-15/h2-10,20H,11-14H2,1H3,(H,21,24). The van der Waals surface area contributed by atoms with Crippen LogP contribution in [0, 0.1) is 0 Å². The molecule has 2 N–H and O–H groups in total. The number of nitrogens with one attached hydrogen (secondary N) is 2. The normalized spacial score (nSPS) is 14.8. The Kier molecular flexibility index (Phi) is 5.30. The van der Waals surface area contributed by atoms with Gasteiger partial charge < -0.3 is 20.4 Å². The minimum atomic E-state index is -0.590. The van der Waals surface area contributed by atoms with Gasteiger partial charge >= 0.3 is 11.8 Å². The van der Waals surface area contributed by atoms with E-state index in [1.54, 1.807) is 17.0 Å². The first kappa shape index (κ1) is 17.0. The van der Waals surface area contributed by atoms with Gasteiger partial charge in [0.05, 0.1) is 0 Å². The monoisotopic (exact) mass is 338 g/mol. The largest absolute Gasteiger partial charge is 0.356 e. The van der Waals surface area contributed by atoms with Crippen LogP contribution < -0.4 is 10.6 Å². The van der Waals surface area contributed by atoms with Gasteiger partial charge in [0.1, 0.15) is 0 Å². The van der Waals surface area contributed by atoms with E-state index < -0.39 is 11.8 Å². The van der Waals surface area contributed by atoms with Crippen molar-refractivity contribution in [3.8, 4) is 0 Å². The van der Waals surface area contributed by atoms with Crippen LogP contribution >= 0.6 is 0 Å². The number of carbonyl (C=O) groups excluding carboxylic acids is 2. The molecule has 0 bridgehead atoms.